The van der Waals surface area contributed by atoms with Crippen molar-refractivity contribution in [2.45, 2.75) is 58.0 Å². The molecule has 2 N–H and O–H groups in total. The van der Waals surface area contributed by atoms with Gasteiger partial charge in [0.15, 0.2) is 0 Å². The highest BCUT2D eigenvalue weighted by atomic mass is 15.1. The number of rotatable bonds is 3. The van der Waals surface area contributed by atoms with Gasteiger partial charge in [0, 0.05) is 12.7 Å². The highest BCUT2D eigenvalue weighted by Crippen LogP contribution is 2.38. The zero-order valence-electron chi connectivity index (χ0n) is 12.5. The van der Waals surface area contributed by atoms with Crippen LogP contribution in [0.4, 0.5) is 0 Å². The second-order valence-electron chi connectivity index (χ2n) is 6.29. The van der Waals surface area contributed by atoms with Crippen LogP contribution in [-0.4, -0.2) is 14.5 Å². The highest BCUT2D eigenvalue weighted by Gasteiger charge is 2.36. The van der Waals surface area contributed by atoms with Gasteiger partial charge in [-0.1, -0.05) is 13.8 Å². The molecular formula is C16H24N4. The van der Waals surface area contributed by atoms with Crippen LogP contribution in [0.15, 0.2) is 18.5 Å². The van der Waals surface area contributed by atoms with E-state index < -0.39 is 0 Å². The molecule has 0 amide bonds. The maximum absolute atomic E-state index is 6.73. The molecule has 3 rings (SSSR count). The number of hydrogen-bond acceptors (Lipinski definition) is 3. The quantitative estimate of drug-likeness (QED) is 0.933. The summed E-state index contributed by atoms with van der Waals surface area (Å²) in [6.07, 6.45) is 9.25. The molecule has 2 heterocycles. The normalized spacial score (nSPS) is 27.1. The third-order valence-electron chi connectivity index (χ3n) is 4.61. The molecule has 108 valence electrons. The fraction of sp³-hybridized carbons (Fsp3) is 0.625. The van der Waals surface area contributed by atoms with E-state index in [-0.39, 0.29) is 5.54 Å². The Morgan fingerprint density at radius 3 is 2.85 bits per heavy atom. The summed E-state index contributed by atoms with van der Waals surface area (Å²) in [6.45, 7) is 5.49. The van der Waals surface area contributed by atoms with Gasteiger partial charge >= 0.3 is 0 Å². The van der Waals surface area contributed by atoms with E-state index in [1.165, 1.54) is 18.4 Å². The molecular weight excluding hydrogens is 248 g/mol. The van der Waals surface area contributed by atoms with Gasteiger partial charge in [0.05, 0.1) is 17.3 Å². The Bertz CT molecular complexity index is 594. The van der Waals surface area contributed by atoms with Gasteiger partial charge in [-0.05, 0) is 44.1 Å². The van der Waals surface area contributed by atoms with Crippen LogP contribution in [0.1, 0.15) is 51.8 Å². The van der Waals surface area contributed by atoms with Crippen molar-refractivity contribution in [3.63, 3.8) is 0 Å². The maximum Gasteiger partial charge on any atom is 0.130 e. The third kappa shape index (κ3) is 2.22. The van der Waals surface area contributed by atoms with Gasteiger partial charge in [0.1, 0.15) is 11.3 Å². The van der Waals surface area contributed by atoms with E-state index in [0.29, 0.717) is 0 Å². The monoisotopic (exact) mass is 272 g/mol. The Morgan fingerprint density at radius 2 is 2.15 bits per heavy atom. The number of pyridine rings is 1. The predicted molar refractivity (Wildman–Crippen MR) is 81.3 cm³/mol. The standard InChI is InChI=1S/C16H24N4/c1-3-10-20-14-6-9-18-11-13(14)19-15(20)16(17)7-4-12(2)5-8-16/h6,9,11-12H,3-5,7-8,10,17H2,1-2H3. The lowest BCUT2D eigenvalue weighted by Crippen LogP contribution is -2.42. The van der Waals surface area contributed by atoms with E-state index in [4.69, 9.17) is 10.7 Å². The minimum absolute atomic E-state index is 0.263. The second-order valence-corrected chi connectivity index (χ2v) is 6.29. The van der Waals surface area contributed by atoms with Crippen molar-refractivity contribution in [2.75, 3.05) is 0 Å². The summed E-state index contributed by atoms with van der Waals surface area (Å²) in [7, 11) is 0. The van der Waals surface area contributed by atoms with E-state index in [2.05, 4.69) is 29.5 Å². The summed E-state index contributed by atoms with van der Waals surface area (Å²) in [5, 5.41) is 0. The highest BCUT2D eigenvalue weighted by molar-refractivity contribution is 5.75. The number of nitrogens with zero attached hydrogens (tertiary/aromatic N) is 3. The summed E-state index contributed by atoms with van der Waals surface area (Å²) in [6, 6.07) is 2.05. The summed E-state index contributed by atoms with van der Waals surface area (Å²) >= 11 is 0. The van der Waals surface area contributed by atoms with Gasteiger partial charge in [-0.25, -0.2) is 4.98 Å². The van der Waals surface area contributed by atoms with E-state index in [0.717, 1.165) is 43.1 Å². The lowest BCUT2D eigenvalue weighted by molar-refractivity contribution is 0.231. The first-order valence-electron chi connectivity index (χ1n) is 7.73. The van der Waals surface area contributed by atoms with Gasteiger partial charge in [-0.3, -0.25) is 4.98 Å². The second kappa shape index (κ2) is 5.17. The van der Waals surface area contributed by atoms with E-state index in [9.17, 15) is 0 Å². The summed E-state index contributed by atoms with van der Waals surface area (Å²) in [4.78, 5) is 9.02. The van der Waals surface area contributed by atoms with Crippen molar-refractivity contribution in [1.29, 1.82) is 0 Å². The van der Waals surface area contributed by atoms with Gasteiger partial charge < -0.3 is 10.3 Å². The molecule has 0 radical (unpaired) electrons. The minimum Gasteiger partial charge on any atom is -0.326 e. The van der Waals surface area contributed by atoms with Crippen LogP contribution < -0.4 is 5.73 Å². The number of nitrogens with two attached hydrogens (primary N) is 1. The molecule has 4 heteroatoms. The Labute approximate surface area is 120 Å². The molecule has 0 bridgehead atoms. The number of aromatic nitrogens is 3. The summed E-state index contributed by atoms with van der Waals surface area (Å²) in [5.41, 5.74) is 8.61. The first kappa shape index (κ1) is 13.6. The largest absolute Gasteiger partial charge is 0.326 e. The third-order valence-corrected chi connectivity index (χ3v) is 4.61. The van der Waals surface area contributed by atoms with Crippen LogP contribution in [-0.2, 0) is 12.1 Å². The van der Waals surface area contributed by atoms with Crippen molar-refractivity contribution in [1.82, 2.24) is 14.5 Å². The molecule has 1 aliphatic rings. The Morgan fingerprint density at radius 1 is 1.40 bits per heavy atom. The molecule has 0 saturated heterocycles. The number of imidazole rings is 1. The molecule has 0 aliphatic heterocycles. The first-order chi connectivity index (χ1) is 9.64. The molecule has 4 nitrogen and oxygen atoms in total. The Kier molecular flexibility index (Phi) is 3.50. The zero-order chi connectivity index (χ0) is 14.2. The van der Waals surface area contributed by atoms with Crippen molar-refractivity contribution < 1.29 is 0 Å². The lowest BCUT2D eigenvalue weighted by Gasteiger charge is -2.35. The average Bonchev–Trinajstić information content (AvgIpc) is 2.83. The Balaban J connectivity index is 2.08. The van der Waals surface area contributed by atoms with Crippen LogP contribution in [0, 0.1) is 5.92 Å². The van der Waals surface area contributed by atoms with E-state index >= 15 is 0 Å². The van der Waals surface area contributed by atoms with E-state index in [1.54, 1.807) is 0 Å². The van der Waals surface area contributed by atoms with Crippen LogP contribution in [0.3, 0.4) is 0 Å². The van der Waals surface area contributed by atoms with Crippen molar-refractivity contribution >= 4 is 11.0 Å². The van der Waals surface area contributed by atoms with E-state index in [1.807, 2.05) is 12.4 Å². The molecule has 0 atom stereocenters. The topological polar surface area (TPSA) is 56.7 Å². The molecule has 1 aliphatic carbocycles. The van der Waals surface area contributed by atoms with Crippen LogP contribution in [0.25, 0.3) is 11.0 Å². The zero-order valence-corrected chi connectivity index (χ0v) is 12.5. The van der Waals surface area contributed by atoms with Crippen molar-refractivity contribution in [3.05, 3.63) is 24.3 Å². The molecule has 20 heavy (non-hydrogen) atoms. The Hall–Kier alpha value is -1.42. The minimum atomic E-state index is -0.263. The summed E-state index contributed by atoms with van der Waals surface area (Å²) < 4.78 is 2.31. The molecule has 0 spiro atoms. The van der Waals surface area contributed by atoms with Crippen molar-refractivity contribution in [3.8, 4) is 0 Å². The lowest BCUT2D eigenvalue weighted by atomic mass is 9.77. The molecule has 1 saturated carbocycles. The predicted octanol–water partition coefficient (Wildman–Crippen LogP) is 3.21. The summed E-state index contributed by atoms with van der Waals surface area (Å²) in [5.74, 6) is 1.85. The molecule has 0 aromatic carbocycles. The van der Waals surface area contributed by atoms with Gasteiger partial charge in [0.25, 0.3) is 0 Å². The SMILES string of the molecule is CCCn1c(C2(N)CCC(C)CC2)nc2cnccc21. The van der Waals surface area contributed by atoms with Crippen LogP contribution in [0.2, 0.25) is 0 Å². The van der Waals surface area contributed by atoms with Crippen molar-refractivity contribution in [2.24, 2.45) is 11.7 Å². The first-order valence-corrected chi connectivity index (χ1v) is 7.73. The van der Waals surface area contributed by atoms with Gasteiger partial charge in [0.2, 0.25) is 0 Å². The van der Waals surface area contributed by atoms with Crippen LogP contribution in [0.5, 0.6) is 0 Å². The molecule has 2 aromatic heterocycles. The number of aryl methyl sites for hydroxylation is 1. The fourth-order valence-electron chi connectivity index (χ4n) is 3.31. The molecule has 1 fully saturated rings. The number of hydrogen-bond donors (Lipinski definition) is 1. The maximum atomic E-state index is 6.73. The molecule has 2 aromatic rings. The average molecular weight is 272 g/mol. The van der Waals surface area contributed by atoms with Gasteiger partial charge in [-0.2, -0.15) is 0 Å². The number of fused-ring (bicyclic) bond motifs is 1. The smallest absolute Gasteiger partial charge is 0.130 e. The van der Waals surface area contributed by atoms with Crippen LogP contribution >= 0.6 is 0 Å². The fourth-order valence-corrected chi connectivity index (χ4v) is 3.31. The molecule has 0 unspecified atom stereocenters. The van der Waals surface area contributed by atoms with Gasteiger partial charge in [-0.15, -0.1) is 0 Å².